The second-order valence-electron chi connectivity index (χ2n) is 3.61. The molecule has 0 spiro atoms. The summed E-state index contributed by atoms with van der Waals surface area (Å²) in [5.74, 6) is 0.626. The predicted octanol–water partition coefficient (Wildman–Crippen LogP) is 3.86. The first-order valence-electron chi connectivity index (χ1n) is 4.96. The van der Waals surface area contributed by atoms with Crippen molar-refractivity contribution < 1.29 is 0 Å². The van der Waals surface area contributed by atoms with Crippen molar-refractivity contribution in [3.05, 3.63) is 45.2 Å². The van der Waals surface area contributed by atoms with Crippen molar-refractivity contribution >= 4 is 44.8 Å². The number of benzene rings is 1. The van der Waals surface area contributed by atoms with Crippen LogP contribution in [0, 0.1) is 0 Å². The van der Waals surface area contributed by atoms with E-state index in [1.807, 2.05) is 6.07 Å². The molecular weight excluding hydrogens is 339 g/mol. The minimum Gasteiger partial charge on any atom is -0.262 e. The molecule has 1 aromatic carbocycles. The molecule has 0 N–H and O–H groups in total. The fourth-order valence-corrected chi connectivity index (χ4v) is 2.77. The van der Waals surface area contributed by atoms with Crippen molar-refractivity contribution in [3.8, 4) is 11.4 Å². The maximum Gasteiger partial charge on any atom is 0.180 e. The van der Waals surface area contributed by atoms with Crippen LogP contribution in [0.25, 0.3) is 17.0 Å². The average molecular weight is 344 g/mol. The summed E-state index contributed by atoms with van der Waals surface area (Å²) in [6.45, 7) is 0. The lowest BCUT2D eigenvalue weighted by atomic mass is 10.2. The summed E-state index contributed by atoms with van der Waals surface area (Å²) in [5, 5.41) is 9.20. The highest BCUT2D eigenvalue weighted by Crippen LogP contribution is 2.27. The van der Waals surface area contributed by atoms with E-state index in [1.165, 1.54) is 0 Å². The molecular formula is C11H5BrCl2N4. The second-order valence-corrected chi connectivity index (χ2v) is 5.34. The van der Waals surface area contributed by atoms with Gasteiger partial charge in [-0.1, -0.05) is 39.1 Å². The van der Waals surface area contributed by atoms with Crippen LogP contribution in [0.15, 0.2) is 35.1 Å². The Morgan fingerprint density at radius 2 is 1.89 bits per heavy atom. The number of rotatable bonds is 1. The lowest BCUT2D eigenvalue weighted by molar-refractivity contribution is 1.11. The molecule has 90 valence electrons. The van der Waals surface area contributed by atoms with Gasteiger partial charge in [-0.25, -0.2) is 0 Å². The summed E-state index contributed by atoms with van der Waals surface area (Å²) < 4.78 is 2.58. The van der Waals surface area contributed by atoms with E-state index in [2.05, 4.69) is 31.1 Å². The molecule has 7 heteroatoms. The van der Waals surface area contributed by atoms with E-state index in [-0.39, 0.29) is 0 Å². The Hall–Kier alpha value is -1.17. The maximum atomic E-state index is 6.11. The molecule has 0 unspecified atom stereocenters. The van der Waals surface area contributed by atoms with Crippen molar-refractivity contribution in [1.29, 1.82) is 0 Å². The van der Waals surface area contributed by atoms with Gasteiger partial charge in [0.1, 0.15) is 5.15 Å². The maximum absolute atomic E-state index is 6.11. The number of halogens is 3. The Labute approximate surface area is 121 Å². The van der Waals surface area contributed by atoms with E-state index < -0.39 is 0 Å². The van der Waals surface area contributed by atoms with Gasteiger partial charge in [0.05, 0.1) is 12.4 Å². The third kappa shape index (κ3) is 1.98. The molecule has 4 nitrogen and oxygen atoms in total. The van der Waals surface area contributed by atoms with Gasteiger partial charge in [0.2, 0.25) is 0 Å². The fraction of sp³-hybridized carbons (Fsp3) is 0. The van der Waals surface area contributed by atoms with Crippen LogP contribution in [0.4, 0.5) is 0 Å². The second kappa shape index (κ2) is 4.50. The zero-order valence-electron chi connectivity index (χ0n) is 8.81. The monoisotopic (exact) mass is 342 g/mol. The molecule has 0 aliphatic heterocycles. The van der Waals surface area contributed by atoms with Crippen LogP contribution in [0.2, 0.25) is 10.2 Å². The molecule has 0 radical (unpaired) electrons. The van der Waals surface area contributed by atoms with Gasteiger partial charge in [0.15, 0.2) is 11.5 Å². The molecule has 0 aliphatic rings. The van der Waals surface area contributed by atoms with Crippen LogP contribution in [0.5, 0.6) is 0 Å². The fourth-order valence-electron chi connectivity index (χ4n) is 1.68. The third-order valence-electron chi connectivity index (χ3n) is 2.39. The summed E-state index contributed by atoms with van der Waals surface area (Å²) >= 11 is 15.5. The van der Waals surface area contributed by atoms with Gasteiger partial charge >= 0.3 is 0 Å². The van der Waals surface area contributed by atoms with Gasteiger partial charge in [-0.15, -0.1) is 10.2 Å². The van der Waals surface area contributed by atoms with Gasteiger partial charge in [-0.05, 0) is 18.2 Å². The van der Waals surface area contributed by atoms with Gasteiger partial charge in [-0.2, -0.15) is 0 Å². The summed E-state index contributed by atoms with van der Waals surface area (Å²) in [5.41, 5.74) is 1.42. The smallest absolute Gasteiger partial charge is 0.180 e. The average Bonchev–Trinajstić information content (AvgIpc) is 2.73. The van der Waals surface area contributed by atoms with Crippen molar-refractivity contribution in [2.75, 3.05) is 0 Å². The van der Waals surface area contributed by atoms with Gasteiger partial charge < -0.3 is 0 Å². The van der Waals surface area contributed by atoms with Crippen LogP contribution in [-0.4, -0.2) is 19.6 Å². The van der Waals surface area contributed by atoms with E-state index >= 15 is 0 Å². The number of hydrogen-bond donors (Lipinski definition) is 0. The molecule has 2 aromatic heterocycles. The molecule has 18 heavy (non-hydrogen) atoms. The molecule has 2 heterocycles. The number of hydrogen-bond acceptors (Lipinski definition) is 3. The van der Waals surface area contributed by atoms with Crippen LogP contribution in [-0.2, 0) is 0 Å². The normalized spacial score (nSPS) is 11.1. The summed E-state index contributed by atoms with van der Waals surface area (Å²) in [4.78, 5) is 3.96. The Morgan fingerprint density at radius 3 is 2.67 bits per heavy atom. The van der Waals surface area contributed by atoms with Crippen LogP contribution >= 0.6 is 39.1 Å². The number of aromatic nitrogens is 4. The van der Waals surface area contributed by atoms with E-state index in [0.717, 1.165) is 10.0 Å². The quantitative estimate of drug-likeness (QED) is 0.673. The summed E-state index contributed by atoms with van der Waals surface area (Å²) in [6.07, 6.45) is 3.14. The first-order chi connectivity index (χ1) is 8.65. The van der Waals surface area contributed by atoms with Crippen molar-refractivity contribution in [2.45, 2.75) is 0 Å². The molecule has 0 aliphatic carbocycles. The lowest BCUT2D eigenvalue weighted by Crippen LogP contribution is -1.92. The van der Waals surface area contributed by atoms with Gasteiger partial charge in [0.25, 0.3) is 0 Å². The Morgan fingerprint density at radius 1 is 1.06 bits per heavy atom. The molecule has 3 aromatic rings. The highest BCUT2D eigenvalue weighted by Gasteiger charge is 2.12. The first kappa shape index (κ1) is 11.9. The zero-order chi connectivity index (χ0) is 12.7. The number of fused-ring (bicyclic) bond motifs is 1. The van der Waals surface area contributed by atoms with Crippen LogP contribution in [0.1, 0.15) is 0 Å². The standard InChI is InChI=1S/C11H5BrCl2N4/c12-7-1-6(2-8(13)3-7)11-17-16-10-5-15-4-9(14)18(10)11/h1-5H. The molecule has 0 atom stereocenters. The van der Waals surface area contributed by atoms with Crippen molar-refractivity contribution in [1.82, 2.24) is 19.6 Å². The van der Waals surface area contributed by atoms with Crippen LogP contribution < -0.4 is 0 Å². The molecule has 0 fully saturated rings. The zero-order valence-corrected chi connectivity index (χ0v) is 11.9. The van der Waals surface area contributed by atoms with Crippen molar-refractivity contribution in [3.63, 3.8) is 0 Å². The SMILES string of the molecule is Clc1cc(Br)cc(-c2nnc3cncc(Cl)n23)c1. The van der Waals surface area contributed by atoms with Crippen molar-refractivity contribution in [2.24, 2.45) is 0 Å². The Bertz CT molecular complexity index is 721. The predicted molar refractivity (Wildman–Crippen MR) is 73.9 cm³/mol. The lowest BCUT2D eigenvalue weighted by Gasteiger charge is -2.03. The molecule has 0 saturated heterocycles. The minimum atomic E-state index is 0.448. The van der Waals surface area contributed by atoms with E-state index in [1.54, 1.807) is 28.9 Å². The Kier molecular flexibility index (Phi) is 2.97. The van der Waals surface area contributed by atoms with E-state index in [0.29, 0.717) is 21.6 Å². The molecule has 0 amide bonds. The number of nitrogens with zero attached hydrogens (tertiary/aromatic N) is 4. The molecule has 3 rings (SSSR count). The molecule has 0 saturated carbocycles. The van der Waals surface area contributed by atoms with Crippen LogP contribution in [0.3, 0.4) is 0 Å². The summed E-state index contributed by atoms with van der Waals surface area (Å²) in [7, 11) is 0. The van der Waals surface area contributed by atoms with Gasteiger partial charge in [-0.3, -0.25) is 9.38 Å². The summed E-state index contributed by atoms with van der Waals surface area (Å²) in [6, 6.07) is 5.51. The topological polar surface area (TPSA) is 43.1 Å². The third-order valence-corrected chi connectivity index (χ3v) is 3.34. The largest absolute Gasteiger partial charge is 0.262 e. The first-order valence-corrected chi connectivity index (χ1v) is 6.51. The van der Waals surface area contributed by atoms with Gasteiger partial charge in [0, 0.05) is 15.1 Å². The molecule has 0 bridgehead atoms. The minimum absolute atomic E-state index is 0.448. The Balaban J connectivity index is 2.31. The van der Waals surface area contributed by atoms with E-state index in [4.69, 9.17) is 23.2 Å². The highest BCUT2D eigenvalue weighted by molar-refractivity contribution is 9.10. The highest BCUT2D eigenvalue weighted by atomic mass is 79.9. The van der Waals surface area contributed by atoms with E-state index in [9.17, 15) is 0 Å².